The molecule has 0 saturated heterocycles. The summed E-state index contributed by atoms with van der Waals surface area (Å²) in [6.45, 7) is 0. The molecule has 0 aromatic carbocycles. The molecular formula is C24H48Cl3ISi. The van der Waals surface area contributed by atoms with Gasteiger partial charge in [-0.15, -0.1) is 33.2 Å². The van der Waals surface area contributed by atoms with Gasteiger partial charge in [-0.1, -0.05) is 157 Å². The summed E-state index contributed by atoms with van der Waals surface area (Å²) in [6.07, 6.45) is 31.1. The Balaban J connectivity index is 3.02. The molecule has 0 amide bonds. The van der Waals surface area contributed by atoms with Crippen molar-refractivity contribution in [2.45, 2.75) is 147 Å². The average Bonchev–Trinajstić information content (AvgIpc) is 2.67. The van der Waals surface area contributed by atoms with Crippen molar-refractivity contribution in [2.75, 3.05) is 4.43 Å². The van der Waals surface area contributed by atoms with E-state index in [0.29, 0.717) is 0 Å². The smallest absolute Gasteiger partial charge is 0.126 e. The molecule has 0 unspecified atom stereocenters. The molecule has 0 saturated carbocycles. The van der Waals surface area contributed by atoms with E-state index in [9.17, 15) is 0 Å². The van der Waals surface area contributed by atoms with E-state index in [1.165, 1.54) is 139 Å². The Morgan fingerprint density at radius 2 is 0.552 bits per heavy atom. The van der Waals surface area contributed by atoms with Crippen molar-refractivity contribution in [3.63, 3.8) is 0 Å². The third kappa shape index (κ3) is 29.8. The van der Waals surface area contributed by atoms with Crippen molar-refractivity contribution in [3.05, 3.63) is 0 Å². The van der Waals surface area contributed by atoms with Gasteiger partial charge in [0, 0.05) is 0 Å². The van der Waals surface area contributed by atoms with Crippen LogP contribution < -0.4 is 0 Å². The van der Waals surface area contributed by atoms with Crippen LogP contribution in [0.4, 0.5) is 0 Å². The highest BCUT2D eigenvalue weighted by Crippen LogP contribution is 2.27. The lowest BCUT2D eigenvalue weighted by molar-refractivity contribution is 0.520. The van der Waals surface area contributed by atoms with Gasteiger partial charge in [0.05, 0.1) is 0 Å². The Morgan fingerprint density at radius 1 is 0.345 bits per heavy atom. The minimum absolute atomic E-state index is 0.830. The van der Waals surface area contributed by atoms with Gasteiger partial charge in [0.1, 0.15) is 0 Å². The maximum atomic E-state index is 5.90. The van der Waals surface area contributed by atoms with Gasteiger partial charge in [0.15, 0.2) is 0 Å². The summed E-state index contributed by atoms with van der Waals surface area (Å²) in [5.41, 5.74) is 0. The van der Waals surface area contributed by atoms with E-state index in [2.05, 4.69) is 22.6 Å². The van der Waals surface area contributed by atoms with Crippen LogP contribution in [-0.2, 0) is 0 Å². The highest BCUT2D eigenvalue weighted by Gasteiger charge is 2.23. The summed E-state index contributed by atoms with van der Waals surface area (Å²) in [7, 11) is 0. The monoisotopic (exact) mass is 596 g/mol. The van der Waals surface area contributed by atoms with E-state index in [0.717, 1.165) is 12.5 Å². The molecule has 0 N–H and O–H groups in total. The SMILES string of the molecule is Cl[Si](Cl)(Cl)CCCCCCCCCCCCCCCCCCCCCCCCI. The molecule has 0 rings (SSSR count). The quantitative estimate of drug-likeness (QED) is 0.0341. The van der Waals surface area contributed by atoms with E-state index in [1.807, 2.05) is 0 Å². The minimum Gasteiger partial charge on any atom is -0.126 e. The van der Waals surface area contributed by atoms with Crippen LogP contribution in [0, 0.1) is 0 Å². The lowest BCUT2D eigenvalue weighted by Gasteiger charge is -2.07. The minimum atomic E-state index is -2.36. The molecule has 0 aromatic rings. The zero-order valence-electron chi connectivity index (χ0n) is 19.0. The summed E-state index contributed by atoms with van der Waals surface area (Å²) in [4.78, 5) is 0. The number of hydrogen-bond acceptors (Lipinski definition) is 0. The summed E-state index contributed by atoms with van der Waals surface area (Å²) in [5.74, 6) is 0. The molecule has 0 spiro atoms. The standard InChI is InChI=1S/C24H48Cl3ISi/c25-29(26,27)24-22-20-18-16-14-12-10-8-6-4-2-1-3-5-7-9-11-13-15-17-19-21-23-28/h1-24H2. The molecule has 0 aliphatic rings. The molecule has 0 fully saturated rings. The first-order valence-corrected chi connectivity index (χ1v) is 19.5. The Hall–Kier alpha value is 1.82. The lowest BCUT2D eigenvalue weighted by Crippen LogP contribution is -2.07. The Kier molecular flexibility index (Phi) is 26.0. The van der Waals surface area contributed by atoms with Gasteiger partial charge in [-0.05, 0) is 16.9 Å². The predicted octanol–water partition coefficient (Wildman–Crippen LogP) is 11.7. The van der Waals surface area contributed by atoms with Crippen LogP contribution in [0.25, 0.3) is 0 Å². The average molecular weight is 598 g/mol. The van der Waals surface area contributed by atoms with E-state index in [1.54, 1.807) is 0 Å². The third-order valence-electron chi connectivity index (χ3n) is 5.84. The molecule has 0 aliphatic carbocycles. The molecule has 5 heteroatoms. The van der Waals surface area contributed by atoms with Gasteiger partial charge >= 0.3 is 6.00 Å². The Morgan fingerprint density at radius 3 is 0.759 bits per heavy atom. The van der Waals surface area contributed by atoms with Crippen LogP contribution in [0.15, 0.2) is 0 Å². The Labute approximate surface area is 212 Å². The largest absolute Gasteiger partial charge is 0.341 e. The van der Waals surface area contributed by atoms with E-state index >= 15 is 0 Å². The van der Waals surface area contributed by atoms with Gasteiger partial charge in [-0.3, -0.25) is 0 Å². The number of rotatable bonds is 24. The molecule has 0 atom stereocenters. The second kappa shape index (κ2) is 24.5. The van der Waals surface area contributed by atoms with E-state index in [4.69, 9.17) is 33.2 Å². The van der Waals surface area contributed by atoms with Gasteiger partial charge in [-0.2, -0.15) is 0 Å². The van der Waals surface area contributed by atoms with Crippen LogP contribution in [0.2, 0.25) is 6.04 Å². The fraction of sp³-hybridized carbons (Fsp3) is 1.00. The normalized spacial score (nSPS) is 12.0. The maximum absolute atomic E-state index is 5.90. The van der Waals surface area contributed by atoms with Crippen LogP contribution in [0.5, 0.6) is 0 Å². The second-order valence-corrected chi connectivity index (χ2v) is 19.2. The number of halogens is 4. The lowest BCUT2D eigenvalue weighted by atomic mass is 10.0. The zero-order chi connectivity index (χ0) is 21.5. The highest BCUT2D eigenvalue weighted by atomic mass is 127. The van der Waals surface area contributed by atoms with E-state index in [-0.39, 0.29) is 0 Å². The van der Waals surface area contributed by atoms with Gasteiger partial charge < -0.3 is 0 Å². The molecule has 176 valence electrons. The fourth-order valence-corrected chi connectivity index (χ4v) is 6.35. The maximum Gasteiger partial charge on any atom is 0.341 e. The third-order valence-corrected chi connectivity index (χ3v) is 9.23. The predicted molar refractivity (Wildman–Crippen MR) is 149 cm³/mol. The van der Waals surface area contributed by atoms with Crippen molar-refractivity contribution in [1.29, 1.82) is 0 Å². The van der Waals surface area contributed by atoms with Crippen LogP contribution in [0.3, 0.4) is 0 Å². The fourth-order valence-electron chi connectivity index (χ4n) is 3.96. The Bertz CT molecular complexity index is 311. The number of alkyl halides is 1. The van der Waals surface area contributed by atoms with E-state index < -0.39 is 6.00 Å². The van der Waals surface area contributed by atoms with Crippen LogP contribution in [-0.4, -0.2) is 10.4 Å². The van der Waals surface area contributed by atoms with Crippen molar-refractivity contribution in [2.24, 2.45) is 0 Å². The van der Waals surface area contributed by atoms with Crippen molar-refractivity contribution >= 4 is 61.8 Å². The summed E-state index contributed by atoms with van der Waals surface area (Å²) in [6, 6.07) is -1.53. The van der Waals surface area contributed by atoms with Crippen molar-refractivity contribution < 1.29 is 0 Å². The number of hydrogen-bond donors (Lipinski definition) is 0. The molecule has 0 nitrogen and oxygen atoms in total. The van der Waals surface area contributed by atoms with Crippen molar-refractivity contribution in [1.82, 2.24) is 0 Å². The molecule has 0 aromatic heterocycles. The van der Waals surface area contributed by atoms with Gasteiger partial charge in [0.25, 0.3) is 0 Å². The van der Waals surface area contributed by atoms with Crippen molar-refractivity contribution in [3.8, 4) is 0 Å². The first-order valence-electron chi connectivity index (χ1n) is 12.7. The molecule has 0 bridgehead atoms. The number of unbranched alkanes of at least 4 members (excludes halogenated alkanes) is 21. The zero-order valence-corrected chi connectivity index (χ0v) is 24.4. The second-order valence-electron chi connectivity index (χ2n) is 8.83. The van der Waals surface area contributed by atoms with Crippen LogP contribution in [0.1, 0.15) is 141 Å². The van der Waals surface area contributed by atoms with Crippen LogP contribution >= 0.6 is 55.8 Å². The summed E-state index contributed by atoms with van der Waals surface area (Å²) < 4.78 is 1.33. The molecule has 0 heterocycles. The van der Waals surface area contributed by atoms with Gasteiger partial charge in [-0.25, -0.2) is 0 Å². The van der Waals surface area contributed by atoms with Gasteiger partial charge in [0.2, 0.25) is 0 Å². The summed E-state index contributed by atoms with van der Waals surface area (Å²) in [5, 5.41) is 0. The molecule has 29 heavy (non-hydrogen) atoms. The summed E-state index contributed by atoms with van der Waals surface area (Å²) >= 11 is 20.2. The first-order chi connectivity index (χ1) is 14.1. The molecule has 0 radical (unpaired) electrons. The first kappa shape index (κ1) is 30.8. The topological polar surface area (TPSA) is 0 Å². The molecular weight excluding hydrogens is 550 g/mol. The highest BCUT2D eigenvalue weighted by molar-refractivity contribution is 14.1. The molecule has 0 aliphatic heterocycles.